The second kappa shape index (κ2) is 7.05. The summed E-state index contributed by atoms with van der Waals surface area (Å²) in [7, 11) is 1.96. The van der Waals surface area contributed by atoms with Crippen molar-refractivity contribution in [2.45, 2.75) is 25.8 Å². The number of aryl methyl sites for hydroxylation is 1. The van der Waals surface area contributed by atoms with E-state index in [1.807, 2.05) is 17.9 Å². The Kier molecular flexibility index (Phi) is 5.39. The third kappa shape index (κ3) is 4.04. The van der Waals surface area contributed by atoms with Crippen molar-refractivity contribution in [3.05, 3.63) is 51.4 Å². The molecule has 0 radical (unpaired) electrons. The average Bonchev–Trinajstić information content (AvgIpc) is 2.81. The molecule has 0 fully saturated rings. The fourth-order valence-corrected chi connectivity index (χ4v) is 2.94. The second-order valence-corrected chi connectivity index (χ2v) is 5.92. The highest BCUT2D eigenvalue weighted by Gasteiger charge is 2.14. The fraction of sp³-hybridized carbons (Fsp3) is 0.400. The zero-order valence-electron chi connectivity index (χ0n) is 11.4. The summed E-state index contributed by atoms with van der Waals surface area (Å²) in [5.41, 5.74) is 2.65. The van der Waals surface area contributed by atoms with Gasteiger partial charge in [0.25, 0.3) is 0 Å². The number of halogens is 1. The first kappa shape index (κ1) is 14.5. The summed E-state index contributed by atoms with van der Waals surface area (Å²) in [6.07, 6.45) is 6.17. The third-order valence-corrected chi connectivity index (χ3v) is 4.10. The van der Waals surface area contributed by atoms with Crippen LogP contribution >= 0.6 is 22.6 Å². The number of hydrogen-bond acceptors (Lipinski definition) is 2. The van der Waals surface area contributed by atoms with Gasteiger partial charge < -0.3 is 5.32 Å². The molecule has 1 aromatic heterocycles. The lowest BCUT2D eigenvalue weighted by Crippen LogP contribution is -2.24. The van der Waals surface area contributed by atoms with E-state index in [1.165, 1.54) is 14.7 Å². The molecule has 3 nitrogen and oxygen atoms in total. The van der Waals surface area contributed by atoms with Crippen molar-refractivity contribution in [3.63, 3.8) is 0 Å². The normalized spacial score (nSPS) is 12.6. The minimum atomic E-state index is 0.359. The topological polar surface area (TPSA) is 29.9 Å². The van der Waals surface area contributed by atoms with Crippen LogP contribution in [0.25, 0.3) is 0 Å². The van der Waals surface area contributed by atoms with Gasteiger partial charge in [-0.2, -0.15) is 5.10 Å². The van der Waals surface area contributed by atoms with Crippen LogP contribution in [-0.4, -0.2) is 16.3 Å². The molecule has 0 aliphatic rings. The van der Waals surface area contributed by atoms with E-state index in [9.17, 15) is 0 Å². The first-order chi connectivity index (χ1) is 9.20. The molecule has 1 aromatic carbocycles. The maximum atomic E-state index is 4.25. The highest BCUT2D eigenvalue weighted by atomic mass is 127. The lowest BCUT2D eigenvalue weighted by atomic mass is 10.0. The van der Waals surface area contributed by atoms with Crippen LogP contribution in [0, 0.1) is 3.57 Å². The van der Waals surface area contributed by atoms with Crippen molar-refractivity contribution >= 4 is 22.6 Å². The third-order valence-electron chi connectivity index (χ3n) is 3.12. The van der Waals surface area contributed by atoms with Crippen molar-refractivity contribution < 1.29 is 0 Å². The van der Waals surface area contributed by atoms with Crippen LogP contribution in [0.15, 0.2) is 36.7 Å². The zero-order chi connectivity index (χ0) is 13.7. The van der Waals surface area contributed by atoms with Crippen molar-refractivity contribution in [1.82, 2.24) is 15.1 Å². The molecular weight excluding hydrogens is 349 g/mol. The van der Waals surface area contributed by atoms with Gasteiger partial charge in [-0.05, 0) is 59.2 Å². The molecule has 102 valence electrons. The van der Waals surface area contributed by atoms with Gasteiger partial charge in [0.05, 0.1) is 6.20 Å². The fourth-order valence-electron chi connectivity index (χ4n) is 2.18. The van der Waals surface area contributed by atoms with Crippen molar-refractivity contribution in [2.75, 3.05) is 6.54 Å². The molecule has 19 heavy (non-hydrogen) atoms. The summed E-state index contributed by atoms with van der Waals surface area (Å²) in [5.74, 6) is 0. The Hall–Kier alpha value is -0.880. The summed E-state index contributed by atoms with van der Waals surface area (Å²) in [6.45, 7) is 3.24. The largest absolute Gasteiger partial charge is 0.310 e. The molecule has 0 bridgehead atoms. The Morgan fingerprint density at radius 2 is 2.16 bits per heavy atom. The average molecular weight is 369 g/mol. The Bertz CT molecular complexity index is 522. The van der Waals surface area contributed by atoms with Crippen LogP contribution in [0.3, 0.4) is 0 Å². The van der Waals surface area contributed by atoms with E-state index >= 15 is 0 Å². The SMILES string of the molecule is CCCNC(Cc1cnn(C)c1)c1ccccc1I. The van der Waals surface area contributed by atoms with E-state index < -0.39 is 0 Å². The smallest absolute Gasteiger partial charge is 0.0522 e. The molecule has 0 amide bonds. The molecule has 0 aliphatic carbocycles. The molecule has 1 N–H and O–H groups in total. The van der Waals surface area contributed by atoms with Gasteiger partial charge in [0.15, 0.2) is 0 Å². The van der Waals surface area contributed by atoms with Gasteiger partial charge in [-0.1, -0.05) is 25.1 Å². The van der Waals surface area contributed by atoms with E-state index in [2.05, 4.69) is 70.4 Å². The molecule has 4 heteroatoms. The van der Waals surface area contributed by atoms with Gasteiger partial charge in [-0.25, -0.2) is 0 Å². The monoisotopic (exact) mass is 369 g/mol. The quantitative estimate of drug-likeness (QED) is 0.792. The minimum Gasteiger partial charge on any atom is -0.310 e. The molecule has 2 aromatic rings. The van der Waals surface area contributed by atoms with Crippen LogP contribution in [-0.2, 0) is 13.5 Å². The summed E-state index contributed by atoms with van der Waals surface area (Å²) >= 11 is 2.41. The van der Waals surface area contributed by atoms with Crippen molar-refractivity contribution in [3.8, 4) is 0 Å². The molecular formula is C15H20IN3. The van der Waals surface area contributed by atoms with E-state index in [0.717, 1.165) is 19.4 Å². The lowest BCUT2D eigenvalue weighted by Gasteiger charge is -2.19. The molecule has 1 unspecified atom stereocenters. The van der Waals surface area contributed by atoms with Gasteiger partial charge in [0, 0.05) is 22.9 Å². The minimum absolute atomic E-state index is 0.359. The van der Waals surface area contributed by atoms with Gasteiger partial charge in [0.1, 0.15) is 0 Å². The number of benzene rings is 1. The van der Waals surface area contributed by atoms with Crippen LogP contribution < -0.4 is 5.32 Å². The van der Waals surface area contributed by atoms with E-state index in [4.69, 9.17) is 0 Å². The van der Waals surface area contributed by atoms with Crippen LogP contribution in [0.1, 0.15) is 30.5 Å². The van der Waals surface area contributed by atoms with Gasteiger partial charge >= 0.3 is 0 Å². The van der Waals surface area contributed by atoms with Crippen LogP contribution in [0.4, 0.5) is 0 Å². The number of hydrogen-bond donors (Lipinski definition) is 1. The molecule has 1 heterocycles. The summed E-state index contributed by atoms with van der Waals surface area (Å²) in [5, 5.41) is 7.90. The zero-order valence-corrected chi connectivity index (χ0v) is 13.6. The summed E-state index contributed by atoms with van der Waals surface area (Å²) < 4.78 is 3.18. The van der Waals surface area contributed by atoms with Crippen molar-refractivity contribution in [1.29, 1.82) is 0 Å². The summed E-state index contributed by atoms with van der Waals surface area (Å²) in [4.78, 5) is 0. The Labute approximate surface area is 128 Å². The Balaban J connectivity index is 2.18. The summed E-state index contributed by atoms with van der Waals surface area (Å²) in [6, 6.07) is 8.94. The van der Waals surface area contributed by atoms with Crippen LogP contribution in [0.2, 0.25) is 0 Å². The number of rotatable bonds is 6. The van der Waals surface area contributed by atoms with E-state index in [1.54, 1.807) is 0 Å². The second-order valence-electron chi connectivity index (χ2n) is 4.75. The first-order valence-electron chi connectivity index (χ1n) is 6.66. The number of aromatic nitrogens is 2. The van der Waals surface area contributed by atoms with Gasteiger partial charge in [0.2, 0.25) is 0 Å². The van der Waals surface area contributed by atoms with Crippen molar-refractivity contribution in [2.24, 2.45) is 7.05 Å². The van der Waals surface area contributed by atoms with E-state index in [-0.39, 0.29) is 0 Å². The maximum absolute atomic E-state index is 4.25. The molecule has 0 spiro atoms. The molecule has 2 rings (SSSR count). The highest BCUT2D eigenvalue weighted by molar-refractivity contribution is 14.1. The van der Waals surface area contributed by atoms with Gasteiger partial charge in [-0.15, -0.1) is 0 Å². The highest BCUT2D eigenvalue weighted by Crippen LogP contribution is 2.23. The predicted molar refractivity (Wildman–Crippen MR) is 87.1 cm³/mol. The standard InChI is InChI=1S/C15H20IN3/c1-3-8-17-15(9-12-10-18-19(2)11-12)13-6-4-5-7-14(13)16/h4-7,10-11,15,17H,3,8-9H2,1-2H3. The molecule has 0 saturated carbocycles. The maximum Gasteiger partial charge on any atom is 0.0522 e. The first-order valence-corrected chi connectivity index (χ1v) is 7.74. The lowest BCUT2D eigenvalue weighted by molar-refractivity contribution is 0.527. The Morgan fingerprint density at radius 3 is 2.79 bits per heavy atom. The molecule has 0 saturated heterocycles. The van der Waals surface area contributed by atoms with Crippen LogP contribution in [0.5, 0.6) is 0 Å². The molecule has 1 atom stereocenters. The van der Waals surface area contributed by atoms with E-state index in [0.29, 0.717) is 6.04 Å². The van der Waals surface area contributed by atoms with Gasteiger partial charge in [-0.3, -0.25) is 4.68 Å². The number of nitrogens with one attached hydrogen (secondary N) is 1. The number of nitrogens with zero attached hydrogens (tertiary/aromatic N) is 2. The molecule has 0 aliphatic heterocycles. The predicted octanol–water partition coefficient (Wildman–Crippen LogP) is 3.31. The Morgan fingerprint density at radius 1 is 1.37 bits per heavy atom.